The summed E-state index contributed by atoms with van der Waals surface area (Å²) in [7, 11) is -4.17. The quantitative estimate of drug-likeness (QED) is 0.698. The Balaban J connectivity index is 3.20. The average molecular weight is 202 g/mol. The maximum absolute atomic E-state index is 10.8. The Hall–Kier alpha value is -0.910. The minimum absolute atomic E-state index is 0.135. The van der Waals surface area contributed by atoms with Crippen LogP contribution in [0.1, 0.15) is 5.56 Å². The zero-order valence-electron chi connectivity index (χ0n) is 6.84. The van der Waals surface area contributed by atoms with Crippen LogP contribution in [-0.2, 0) is 16.5 Å². The molecule has 0 aliphatic rings. The molecule has 0 unspecified atom stereocenters. The summed E-state index contributed by atoms with van der Waals surface area (Å²) in [5, 5.41) is 8.63. The molecule has 0 fully saturated rings. The smallest absolute Gasteiger partial charge is 0.294 e. The maximum Gasteiger partial charge on any atom is 0.294 e. The molecular formula is C8H10O4S. The second-order valence-corrected chi connectivity index (χ2v) is 3.95. The Morgan fingerprint density at radius 2 is 1.85 bits per heavy atom. The lowest BCUT2D eigenvalue weighted by Gasteiger charge is -2.03. The Labute approximate surface area is 76.6 Å². The molecule has 0 bridgehead atoms. The van der Waals surface area contributed by atoms with Crippen LogP contribution in [0.25, 0.3) is 0 Å². The van der Waals surface area contributed by atoms with Gasteiger partial charge in [-0.2, -0.15) is 8.42 Å². The van der Waals surface area contributed by atoms with Crippen molar-refractivity contribution in [2.75, 3.05) is 6.61 Å². The van der Waals surface area contributed by atoms with Gasteiger partial charge < -0.3 is 5.11 Å². The van der Waals surface area contributed by atoms with Crippen LogP contribution in [0.3, 0.4) is 0 Å². The molecule has 5 heteroatoms. The molecule has 0 radical (unpaired) electrons. The van der Waals surface area contributed by atoms with Gasteiger partial charge in [0.25, 0.3) is 10.1 Å². The van der Waals surface area contributed by atoms with Gasteiger partial charge in [0.1, 0.15) is 0 Å². The van der Waals surface area contributed by atoms with Crippen molar-refractivity contribution in [2.45, 2.75) is 11.3 Å². The van der Waals surface area contributed by atoms with Gasteiger partial charge in [0.05, 0.1) is 4.90 Å². The number of aliphatic hydroxyl groups excluding tert-OH is 1. The fourth-order valence-corrected chi connectivity index (χ4v) is 1.83. The Bertz CT molecular complexity index is 383. The summed E-state index contributed by atoms with van der Waals surface area (Å²) in [5.41, 5.74) is 0.424. The molecule has 0 saturated heterocycles. The van der Waals surface area contributed by atoms with Crippen molar-refractivity contribution in [1.82, 2.24) is 0 Å². The summed E-state index contributed by atoms with van der Waals surface area (Å²) in [6.07, 6.45) is 0.218. The van der Waals surface area contributed by atoms with Crippen molar-refractivity contribution in [3.05, 3.63) is 29.8 Å². The molecule has 13 heavy (non-hydrogen) atoms. The monoisotopic (exact) mass is 202 g/mol. The first kappa shape index (κ1) is 10.2. The van der Waals surface area contributed by atoms with Gasteiger partial charge >= 0.3 is 0 Å². The minimum Gasteiger partial charge on any atom is -0.396 e. The highest BCUT2D eigenvalue weighted by molar-refractivity contribution is 7.85. The van der Waals surface area contributed by atoms with E-state index < -0.39 is 10.1 Å². The fraction of sp³-hybridized carbons (Fsp3) is 0.250. The van der Waals surface area contributed by atoms with Gasteiger partial charge in [-0.25, -0.2) is 0 Å². The molecule has 0 aliphatic heterocycles. The van der Waals surface area contributed by atoms with Gasteiger partial charge in [0.2, 0.25) is 0 Å². The number of hydrogen-bond donors (Lipinski definition) is 2. The molecule has 1 rings (SSSR count). The molecule has 0 saturated carbocycles. The molecule has 0 amide bonds. The summed E-state index contributed by atoms with van der Waals surface area (Å²) in [5.74, 6) is 0. The van der Waals surface area contributed by atoms with E-state index in [4.69, 9.17) is 9.66 Å². The number of hydrogen-bond acceptors (Lipinski definition) is 3. The van der Waals surface area contributed by atoms with Crippen molar-refractivity contribution in [3.8, 4) is 0 Å². The van der Waals surface area contributed by atoms with Crippen LogP contribution in [-0.4, -0.2) is 24.7 Å². The SMILES string of the molecule is O=S(=O)(O)c1ccccc1CCO. The summed E-state index contributed by atoms with van der Waals surface area (Å²) in [6.45, 7) is -0.146. The van der Waals surface area contributed by atoms with Crippen LogP contribution in [0.5, 0.6) is 0 Å². The molecule has 72 valence electrons. The third-order valence-corrected chi connectivity index (χ3v) is 2.59. The van der Waals surface area contributed by atoms with E-state index in [1.807, 2.05) is 0 Å². The van der Waals surface area contributed by atoms with E-state index in [1.165, 1.54) is 12.1 Å². The molecule has 0 aliphatic carbocycles. The number of rotatable bonds is 3. The third kappa shape index (κ3) is 2.51. The standard InChI is InChI=1S/C8H10O4S/c9-6-5-7-3-1-2-4-8(7)13(10,11)12/h1-4,9H,5-6H2,(H,10,11,12). The summed E-state index contributed by atoms with van der Waals surface area (Å²) < 4.78 is 30.4. The lowest BCUT2D eigenvalue weighted by atomic mass is 10.2. The Kier molecular flexibility index (Phi) is 3.02. The van der Waals surface area contributed by atoms with Crippen molar-refractivity contribution in [1.29, 1.82) is 0 Å². The molecule has 0 heterocycles. The summed E-state index contributed by atoms with van der Waals surface area (Å²) >= 11 is 0. The highest BCUT2D eigenvalue weighted by atomic mass is 32.2. The van der Waals surface area contributed by atoms with E-state index in [1.54, 1.807) is 12.1 Å². The highest BCUT2D eigenvalue weighted by Gasteiger charge is 2.13. The van der Waals surface area contributed by atoms with E-state index in [0.717, 1.165) is 0 Å². The molecule has 0 aromatic heterocycles. The lowest BCUT2D eigenvalue weighted by molar-refractivity contribution is 0.298. The first-order chi connectivity index (χ1) is 6.05. The molecule has 4 nitrogen and oxygen atoms in total. The fourth-order valence-electron chi connectivity index (χ4n) is 1.08. The Morgan fingerprint density at radius 3 is 2.38 bits per heavy atom. The molecule has 0 atom stereocenters. The first-order valence-corrected chi connectivity index (χ1v) is 5.16. The van der Waals surface area contributed by atoms with Gasteiger partial charge in [-0.3, -0.25) is 4.55 Å². The van der Waals surface area contributed by atoms with Crippen molar-refractivity contribution in [3.63, 3.8) is 0 Å². The van der Waals surface area contributed by atoms with E-state index in [-0.39, 0.29) is 17.9 Å². The zero-order chi connectivity index (χ0) is 9.90. The van der Waals surface area contributed by atoms with Crippen molar-refractivity contribution >= 4 is 10.1 Å². The van der Waals surface area contributed by atoms with Gasteiger partial charge in [-0.15, -0.1) is 0 Å². The first-order valence-electron chi connectivity index (χ1n) is 3.72. The van der Waals surface area contributed by atoms with Gasteiger partial charge in [0.15, 0.2) is 0 Å². The van der Waals surface area contributed by atoms with Gasteiger partial charge in [0, 0.05) is 6.61 Å². The summed E-state index contributed by atoms with van der Waals surface area (Å²) in [6, 6.07) is 6.03. The van der Waals surface area contributed by atoms with Crippen molar-refractivity contribution < 1.29 is 18.1 Å². The maximum atomic E-state index is 10.8. The van der Waals surface area contributed by atoms with Gasteiger partial charge in [-0.1, -0.05) is 18.2 Å². The van der Waals surface area contributed by atoms with Crippen molar-refractivity contribution in [2.24, 2.45) is 0 Å². The molecule has 1 aromatic rings. The van der Waals surface area contributed by atoms with E-state index in [2.05, 4.69) is 0 Å². The minimum atomic E-state index is -4.17. The zero-order valence-corrected chi connectivity index (χ0v) is 7.66. The predicted molar refractivity (Wildman–Crippen MR) is 47.0 cm³/mol. The van der Waals surface area contributed by atoms with Crippen LogP contribution in [0, 0.1) is 0 Å². The average Bonchev–Trinajstić information content (AvgIpc) is 2.04. The third-order valence-electron chi connectivity index (χ3n) is 1.63. The number of benzene rings is 1. The van der Waals surface area contributed by atoms with E-state index in [9.17, 15) is 8.42 Å². The van der Waals surface area contributed by atoms with E-state index >= 15 is 0 Å². The Morgan fingerprint density at radius 1 is 1.23 bits per heavy atom. The predicted octanol–water partition coefficient (Wildman–Crippen LogP) is 0.468. The van der Waals surface area contributed by atoms with Crippen LogP contribution >= 0.6 is 0 Å². The highest BCUT2D eigenvalue weighted by Crippen LogP contribution is 2.14. The summed E-state index contributed by atoms with van der Waals surface area (Å²) in [4.78, 5) is -0.135. The molecule has 2 N–H and O–H groups in total. The van der Waals surface area contributed by atoms with Crippen LogP contribution in [0.4, 0.5) is 0 Å². The molecular weight excluding hydrogens is 192 g/mol. The lowest BCUT2D eigenvalue weighted by Crippen LogP contribution is -2.04. The largest absolute Gasteiger partial charge is 0.396 e. The molecule has 0 spiro atoms. The van der Waals surface area contributed by atoms with Gasteiger partial charge in [-0.05, 0) is 18.1 Å². The second kappa shape index (κ2) is 3.87. The van der Waals surface area contributed by atoms with Crippen LogP contribution in [0.15, 0.2) is 29.2 Å². The molecule has 1 aromatic carbocycles. The van der Waals surface area contributed by atoms with Crippen LogP contribution < -0.4 is 0 Å². The van der Waals surface area contributed by atoms with E-state index in [0.29, 0.717) is 5.56 Å². The van der Waals surface area contributed by atoms with Crippen LogP contribution in [0.2, 0.25) is 0 Å². The topological polar surface area (TPSA) is 74.6 Å². The second-order valence-electron chi connectivity index (χ2n) is 2.56. The normalized spacial score (nSPS) is 11.5. The number of aliphatic hydroxyl groups is 1.